The van der Waals surface area contributed by atoms with Gasteiger partial charge in [-0.2, -0.15) is 0 Å². The Morgan fingerprint density at radius 1 is 1.39 bits per heavy atom. The lowest BCUT2D eigenvalue weighted by Crippen LogP contribution is -2.18. The predicted octanol–water partition coefficient (Wildman–Crippen LogP) is 4.09. The summed E-state index contributed by atoms with van der Waals surface area (Å²) in [6.45, 7) is 0.522. The van der Waals surface area contributed by atoms with E-state index in [0.29, 0.717) is 29.8 Å². The first-order valence-electron chi connectivity index (χ1n) is 7.02. The van der Waals surface area contributed by atoms with Crippen LogP contribution in [0.5, 0.6) is 11.5 Å². The van der Waals surface area contributed by atoms with Crippen molar-refractivity contribution in [3.63, 3.8) is 0 Å². The summed E-state index contributed by atoms with van der Waals surface area (Å²) >= 11 is 9.53. The molecule has 0 aliphatic carbocycles. The van der Waals surface area contributed by atoms with Crippen molar-refractivity contribution in [2.45, 2.75) is 12.5 Å². The Bertz CT molecular complexity index is 715. The van der Waals surface area contributed by atoms with Crippen molar-refractivity contribution in [3.05, 3.63) is 51.2 Å². The number of pyridine rings is 1. The lowest BCUT2D eigenvalue weighted by atomic mass is 9.96. The summed E-state index contributed by atoms with van der Waals surface area (Å²) in [4.78, 5) is 8.74. The van der Waals surface area contributed by atoms with E-state index in [4.69, 9.17) is 26.8 Å². The van der Waals surface area contributed by atoms with Crippen LogP contribution >= 0.6 is 27.5 Å². The Balaban J connectivity index is 2.09. The fraction of sp³-hybridized carbons (Fsp3) is 0.250. The third kappa shape index (κ3) is 3.49. The van der Waals surface area contributed by atoms with Crippen LogP contribution in [0.1, 0.15) is 23.6 Å². The van der Waals surface area contributed by atoms with Crippen molar-refractivity contribution in [3.8, 4) is 11.5 Å². The molecular weight excluding hydrogens is 382 g/mol. The smallest absolute Gasteiger partial charge is 0.151 e. The highest BCUT2D eigenvalue weighted by Gasteiger charge is 2.28. The molecule has 7 heteroatoms. The quantitative estimate of drug-likeness (QED) is 0.480. The Labute approximate surface area is 147 Å². The van der Waals surface area contributed by atoms with Gasteiger partial charge < -0.3 is 15.2 Å². The fourth-order valence-electron chi connectivity index (χ4n) is 2.42. The summed E-state index contributed by atoms with van der Waals surface area (Å²) < 4.78 is 11.9. The van der Waals surface area contributed by atoms with E-state index in [-0.39, 0.29) is 6.04 Å². The molecule has 0 radical (unpaired) electrons. The number of fused-ring (bicyclic) bond motifs is 2. The predicted molar refractivity (Wildman–Crippen MR) is 93.4 cm³/mol. The second kappa shape index (κ2) is 6.86. The van der Waals surface area contributed by atoms with Crippen LogP contribution in [0.25, 0.3) is 0 Å². The molecule has 1 aliphatic heterocycles. The minimum absolute atomic E-state index is 0.288. The first kappa shape index (κ1) is 16.2. The van der Waals surface area contributed by atoms with Crippen molar-refractivity contribution in [1.82, 2.24) is 4.98 Å². The van der Waals surface area contributed by atoms with Gasteiger partial charge in [-0.1, -0.05) is 27.5 Å². The number of ether oxygens (including phenoxy) is 2. The SMILES string of the molecule is COCCC(N)=N[C@@H]1c2cc(Br)ccc2Oc2cnc(Cl)cc21. The van der Waals surface area contributed by atoms with Crippen LogP contribution < -0.4 is 10.5 Å². The van der Waals surface area contributed by atoms with Crippen LogP contribution in [-0.4, -0.2) is 24.5 Å². The molecule has 0 amide bonds. The molecule has 23 heavy (non-hydrogen) atoms. The summed E-state index contributed by atoms with van der Waals surface area (Å²) in [5, 5.41) is 0.390. The lowest BCUT2D eigenvalue weighted by Gasteiger charge is -2.26. The molecule has 0 saturated heterocycles. The zero-order chi connectivity index (χ0) is 16.4. The second-order valence-corrected chi connectivity index (χ2v) is 6.40. The number of aromatic nitrogens is 1. The number of hydrogen-bond acceptors (Lipinski definition) is 4. The normalized spacial score (nSPS) is 16.5. The van der Waals surface area contributed by atoms with Crippen molar-refractivity contribution in [1.29, 1.82) is 0 Å². The van der Waals surface area contributed by atoms with Crippen LogP contribution in [-0.2, 0) is 4.74 Å². The Morgan fingerprint density at radius 2 is 2.17 bits per heavy atom. The molecule has 0 fully saturated rings. The maximum absolute atomic E-state index is 6.05. The van der Waals surface area contributed by atoms with E-state index >= 15 is 0 Å². The molecule has 120 valence electrons. The molecule has 0 unspecified atom stereocenters. The monoisotopic (exact) mass is 395 g/mol. The first-order chi connectivity index (χ1) is 11.1. The topological polar surface area (TPSA) is 69.7 Å². The van der Waals surface area contributed by atoms with Crippen LogP contribution in [0.15, 0.2) is 39.9 Å². The second-order valence-electron chi connectivity index (χ2n) is 5.09. The number of amidine groups is 1. The zero-order valence-electron chi connectivity index (χ0n) is 12.4. The molecule has 1 aromatic carbocycles. The summed E-state index contributed by atoms with van der Waals surface area (Å²) in [6.07, 6.45) is 2.17. The van der Waals surface area contributed by atoms with Gasteiger partial charge in [0.1, 0.15) is 16.9 Å². The van der Waals surface area contributed by atoms with Gasteiger partial charge in [0.05, 0.1) is 18.6 Å². The molecule has 2 heterocycles. The van der Waals surface area contributed by atoms with E-state index in [1.807, 2.05) is 18.2 Å². The van der Waals surface area contributed by atoms with Gasteiger partial charge in [0.2, 0.25) is 0 Å². The Kier molecular flexibility index (Phi) is 4.84. The van der Waals surface area contributed by atoms with E-state index in [2.05, 4.69) is 25.9 Å². The standard InChI is InChI=1S/C16H15BrClN3O2/c1-22-5-4-15(19)21-16-10-6-9(17)2-3-12(10)23-13-8-20-14(18)7-11(13)16/h2-3,6-8,16H,4-5H2,1H3,(H2,19,21)/t16-/m1/s1. The molecule has 1 aromatic heterocycles. The minimum Gasteiger partial charge on any atom is -0.455 e. The van der Waals surface area contributed by atoms with Gasteiger partial charge in [-0.05, 0) is 24.3 Å². The van der Waals surface area contributed by atoms with Crippen molar-refractivity contribution < 1.29 is 9.47 Å². The number of methoxy groups -OCH3 is 1. The number of aliphatic imine (C=N–C) groups is 1. The Hall–Kier alpha value is -1.63. The number of nitrogens with zero attached hydrogens (tertiary/aromatic N) is 2. The zero-order valence-corrected chi connectivity index (χ0v) is 14.8. The van der Waals surface area contributed by atoms with Gasteiger partial charge in [0.25, 0.3) is 0 Å². The van der Waals surface area contributed by atoms with Crippen molar-refractivity contribution in [2.75, 3.05) is 13.7 Å². The molecule has 1 aliphatic rings. The van der Waals surface area contributed by atoms with E-state index in [9.17, 15) is 0 Å². The summed E-state index contributed by atoms with van der Waals surface area (Å²) in [5.41, 5.74) is 7.82. The lowest BCUT2D eigenvalue weighted by molar-refractivity contribution is 0.207. The van der Waals surface area contributed by atoms with Gasteiger partial charge in [-0.15, -0.1) is 0 Å². The molecule has 2 aromatic rings. The third-order valence-electron chi connectivity index (χ3n) is 3.50. The van der Waals surface area contributed by atoms with E-state index < -0.39 is 0 Å². The summed E-state index contributed by atoms with van der Waals surface area (Å²) in [5.74, 6) is 1.89. The molecular formula is C16H15BrClN3O2. The highest BCUT2D eigenvalue weighted by Crippen LogP contribution is 2.45. The number of benzene rings is 1. The van der Waals surface area contributed by atoms with Gasteiger partial charge in [-0.25, -0.2) is 4.98 Å². The van der Waals surface area contributed by atoms with Crippen LogP contribution in [0.4, 0.5) is 0 Å². The molecule has 0 saturated carbocycles. The largest absolute Gasteiger partial charge is 0.455 e. The van der Waals surface area contributed by atoms with Crippen molar-refractivity contribution in [2.24, 2.45) is 10.7 Å². The number of rotatable bonds is 4. The average Bonchev–Trinajstić information content (AvgIpc) is 2.53. The van der Waals surface area contributed by atoms with Crippen molar-refractivity contribution >= 4 is 33.4 Å². The average molecular weight is 397 g/mol. The van der Waals surface area contributed by atoms with E-state index in [1.165, 1.54) is 0 Å². The number of nitrogens with two attached hydrogens (primary N) is 1. The van der Waals surface area contributed by atoms with E-state index in [0.717, 1.165) is 21.3 Å². The fourth-order valence-corrected chi connectivity index (χ4v) is 2.96. The van der Waals surface area contributed by atoms with Gasteiger partial charge >= 0.3 is 0 Å². The first-order valence-corrected chi connectivity index (χ1v) is 8.19. The molecule has 3 rings (SSSR count). The summed E-state index contributed by atoms with van der Waals surface area (Å²) in [6, 6.07) is 7.26. The molecule has 2 N–H and O–H groups in total. The van der Waals surface area contributed by atoms with E-state index in [1.54, 1.807) is 19.4 Å². The number of hydrogen-bond donors (Lipinski definition) is 1. The van der Waals surface area contributed by atoms with Crippen LogP contribution in [0.3, 0.4) is 0 Å². The molecule has 0 spiro atoms. The maximum Gasteiger partial charge on any atom is 0.151 e. The Morgan fingerprint density at radius 3 is 2.96 bits per heavy atom. The molecule has 0 bridgehead atoms. The highest BCUT2D eigenvalue weighted by molar-refractivity contribution is 9.10. The number of halogens is 2. The van der Waals surface area contributed by atoms with Gasteiger partial charge in [-0.3, -0.25) is 4.99 Å². The van der Waals surface area contributed by atoms with Gasteiger partial charge in [0, 0.05) is 29.1 Å². The summed E-state index contributed by atoms with van der Waals surface area (Å²) in [7, 11) is 1.63. The minimum atomic E-state index is -0.288. The molecule has 5 nitrogen and oxygen atoms in total. The maximum atomic E-state index is 6.05. The van der Waals surface area contributed by atoms with Crippen LogP contribution in [0.2, 0.25) is 5.15 Å². The highest BCUT2D eigenvalue weighted by atomic mass is 79.9. The van der Waals surface area contributed by atoms with Crippen LogP contribution in [0, 0.1) is 0 Å². The van der Waals surface area contributed by atoms with Gasteiger partial charge in [0.15, 0.2) is 5.75 Å². The molecule has 1 atom stereocenters. The third-order valence-corrected chi connectivity index (χ3v) is 4.20.